The fourth-order valence-electron chi connectivity index (χ4n) is 1.23. The van der Waals surface area contributed by atoms with Crippen LogP contribution in [0.5, 0.6) is 0 Å². The second-order valence-corrected chi connectivity index (χ2v) is 5.94. The minimum absolute atomic E-state index is 0.208. The standard InChI is InChI=1S/C9H5Cl2F2N3OS/c10-9(11,13)18-16-8(17)15(5-14-16)7-3-1-6(12)2-4-7/h1-5H. The van der Waals surface area contributed by atoms with Crippen molar-refractivity contribution in [3.63, 3.8) is 0 Å². The molecular formula is C9H5Cl2F2N3OS. The van der Waals surface area contributed by atoms with Gasteiger partial charge in [-0.2, -0.15) is 4.39 Å². The van der Waals surface area contributed by atoms with E-state index in [1.54, 1.807) is 0 Å². The Kier molecular flexibility index (Phi) is 3.65. The molecule has 1 heterocycles. The molecule has 0 atom stereocenters. The second kappa shape index (κ2) is 4.91. The van der Waals surface area contributed by atoms with Crippen molar-refractivity contribution in [2.24, 2.45) is 0 Å². The van der Waals surface area contributed by atoms with Crippen molar-refractivity contribution in [3.8, 4) is 5.69 Å². The molecule has 0 fully saturated rings. The lowest BCUT2D eigenvalue weighted by molar-refractivity contribution is 0.513. The Hall–Kier alpha value is -1.05. The van der Waals surface area contributed by atoms with Gasteiger partial charge in [0.05, 0.1) is 17.6 Å². The van der Waals surface area contributed by atoms with Crippen molar-refractivity contribution in [1.82, 2.24) is 13.8 Å². The van der Waals surface area contributed by atoms with Gasteiger partial charge in [-0.25, -0.2) is 13.8 Å². The van der Waals surface area contributed by atoms with E-state index >= 15 is 0 Å². The van der Waals surface area contributed by atoms with Crippen molar-refractivity contribution in [2.75, 3.05) is 0 Å². The maximum Gasteiger partial charge on any atom is 0.361 e. The Labute approximate surface area is 114 Å². The summed E-state index contributed by atoms with van der Waals surface area (Å²) in [6.45, 7) is 0. The second-order valence-electron chi connectivity index (χ2n) is 3.17. The molecule has 0 bridgehead atoms. The highest BCUT2D eigenvalue weighted by Crippen LogP contribution is 2.35. The maximum atomic E-state index is 13.0. The summed E-state index contributed by atoms with van der Waals surface area (Å²) >= 11 is 10.4. The van der Waals surface area contributed by atoms with Gasteiger partial charge in [0.25, 0.3) is 0 Å². The number of nitrogens with zero attached hydrogens (tertiary/aromatic N) is 3. The van der Waals surface area contributed by atoms with E-state index in [4.69, 9.17) is 23.2 Å². The zero-order chi connectivity index (χ0) is 13.3. The van der Waals surface area contributed by atoms with Crippen molar-refractivity contribution in [1.29, 1.82) is 0 Å². The molecule has 18 heavy (non-hydrogen) atoms. The molecule has 0 spiro atoms. The third-order valence-corrected chi connectivity index (χ3v) is 2.98. The summed E-state index contributed by atoms with van der Waals surface area (Å²) in [7, 11) is 0. The van der Waals surface area contributed by atoms with Crippen LogP contribution in [0.3, 0.4) is 0 Å². The summed E-state index contributed by atoms with van der Waals surface area (Å²) in [4.78, 5) is 11.8. The molecule has 0 saturated heterocycles. The Morgan fingerprint density at radius 1 is 1.28 bits per heavy atom. The van der Waals surface area contributed by atoms with Crippen molar-refractivity contribution in [3.05, 3.63) is 46.9 Å². The number of rotatable bonds is 3. The summed E-state index contributed by atoms with van der Waals surface area (Å²) in [5.74, 6) is -0.433. The van der Waals surface area contributed by atoms with E-state index in [0.29, 0.717) is 9.77 Å². The van der Waals surface area contributed by atoms with Crippen LogP contribution in [0.25, 0.3) is 5.69 Å². The molecule has 1 aromatic carbocycles. The monoisotopic (exact) mass is 311 g/mol. The highest BCUT2D eigenvalue weighted by molar-refractivity contribution is 8.01. The predicted octanol–water partition coefficient (Wildman–Crippen LogP) is 2.73. The molecule has 9 heteroatoms. The van der Waals surface area contributed by atoms with Crippen LogP contribution in [0.4, 0.5) is 8.78 Å². The van der Waals surface area contributed by atoms with E-state index in [1.807, 2.05) is 0 Å². The molecule has 4 nitrogen and oxygen atoms in total. The van der Waals surface area contributed by atoms with Crippen LogP contribution < -0.4 is 5.69 Å². The summed E-state index contributed by atoms with van der Waals surface area (Å²) in [5.41, 5.74) is -0.267. The molecule has 2 rings (SSSR count). The Balaban J connectivity index is 2.37. The van der Waals surface area contributed by atoms with Crippen LogP contribution >= 0.6 is 35.1 Å². The molecule has 0 N–H and O–H groups in total. The van der Waals surface area contributed by atoms with E-state index in [0.717, 1.165) is 10.9 Å². The van der Waals surface area contributed by atoms with Crippen molar-refractivity contribution in [2.45, 2.75) is 3.92 Å². The first-order valence-corrected chi connectivity index (χ1v) is 6.08. The minimum atomic E-state index is -2.66. The van der Waals surface area contributed by atoms with Gasteiger partial charge in [0.15, 0.2) is 0 Å². The molecule has 0 radical (unpaired) electrons. The molecule has 1 aromatic heterocycles. The summed E-state index contributed by atoms with van der Waals surface area (Å²) in [6.07, 6.45) is 1.15. The molecule has 0 aliphatic rings. The minimum Gasteiger partial charge on any atom is -0.249 e. The van der Waals surface area contributed by atoms with Gasteiger partial charge in [0, 0.05) is 0 Å². The predicted molar refractivity (Wildman–Crippen MR) is 66.3 cm³/mol. The molecule has 0 aliphatic carbocycles. The van der Waals surface area contributed by atoms with Crippen LogP contribution in [0, 0.1) is 5.82 Å². The highest BCUT2D eigenvalue weighted by Gasteiger charge is 2.27. The van der Waals surface area contributed by atoms with Gasteiger partial charge in [-0.05, 0) is 24.3 Å². The lowest BCUT2D eigenvalue weighted by Crippen LogP contribution is -2.22. The van der Waals surface area contributed by atoms with Crippen molar-refractivity contribution < 1.29 is 8.78 Å². The van der Waals surface area contributed by atoms with Gasteiger partial charge in [0.2, 0.25) is 0 Å². The van der Waals surface area contributed by atoms with Gasteiger partial charge >= 0.3 is 9.61 Å². The molecule has 96 valence electrons. The van der Waals surface area contributed by atoms with Gasteiger partial charge in [-0.1, -0.05) is 23.2 Å². The quantitative estimate of drug-likeness (QED) is 0.818. The summed E-state index contributed by atoms with van der Waals surface area (Å²) in [5, 5.41) is 3.63. The molecule has 0 aliphatic heterocycles. The Bertz CT molecular complexity index is 606. The molecule has 2 aromatic rings. The Morgan fingerprint density at radius 3 is 2.44 bits per heavy atom. The normalized spacial score (nSPS) is 11.8. The first-order valence-electron chi connectivity index (χ1n) is 4.56. The number of halogens is 4. The Morgan fingerprint density at radius 2 is 1.89 bits per heavy atom. The molecule has 0 saturated carbocycles. The van der Waals surface area contributed by atoms with E-state index in [1.165, 1.54) is 24.3 Å². The van der Waals surface area contributed by atoms with E-state index < -0.39 is 15.4 Å². The smallest absolute Gasteiger partial charge is 0.249 e. The lowest BCUT2D eigenvalue weighted by Gasteiger charge is -2.05. The number of alkyl halides is 3. The average molecular weight is 312 g/mol. The summed E-state index contributed by atoms with van der Waals surface area (Å²) in [6, 6.07) is 5.15. The van der Waals surface area contributed by atoms with Gasteiger partial charge in [0.1, 0.15) is 12.1 Å². The highest BCUT2D eigenvalue weighted by atomic mass is 35.5. The van der Waals surface area contributed by atoms with Gasteiger partial charge in [-0.3, -0.25) is 0 Å². The van der Waals surface area contributed by atoms with Crippen LogP contribution in [-0.4, -0.2) is 17.7 Å². The first-order chi connectivity index (χ1) is 8.37. The maximum absolute atomic E-state index is 13.0. The van der Waals surface area contributed by atoms with E-state index in [9.17, 15) is 13.6 Å². The fourth-order valence-corrected chi connectivity index (χ4v) is 2.07. The topological polar surface area (TPSA) is 39.8 Å². The molecular weight excluding hydrogens is 307 g/mol. The van der Waals surface area contributed by atoms with E-state index in [2.05, 4.69) is 5.10 Å². The van der Waals surface area contributed by atoms with Crippen LogP contribution in [0.2, 0.25) is 0 Å². The van der Waals surface area contributed by atoms with Crippen molar-refractivity contribution >= 4 is 35.1 Å². The third-order valence-electron chi connectivity index (χ3n) is 1.94. The molecule has 0 amide bonds. The zero-order valence-corrected chi connectivity index (χ0v) is 10.9. The SMILES string of the molecule is O=c1n(-c2ccc(F)cc2)cnn1SC(F)(Cl)Cl. The number of hydrogen-bond acceptors (Lipinski definition) is 3. The largest absolute Gasteiger partial charge is 0.361 e. The third kappa shape index (κ3) is 3.04. The zero-order valence-electron chi connectivity index (χ0n) is 8.56. The van der Waals surface area contributed by atoms with Gasteiger partial charge < -0.3 is 0 Å². The van der Waals surface area contributed by atoms with E-state index in [-0.39, 0.29) is 11.9 Å². The van der Waals surface area contributed by atoms with Crippen LogP contribution in [-0.2, 0) is 0 Å². The fraction of sp³-hybridized carbons (Fsp3) is 0.111. The van der Waals surface area contributed by atoms with Crippen LogP contribution in [0.1, 0.15) is 0 Å². The summed E-state index contributed by atoms with van der Waals surface area (Å²) < 4.78 is 24.8. The number of hydrogen-bond donors (Lipinski definition) is 0. The average Bonchev–Trinajstić information content (AvgIpc) is 2.60. The first kappa shape index (κ1) is 13.4. The molecule has 0 unspecified atom stereocenters. The van der Waals surface area contributed by atoms with Crippen LogP contribution in [0.15, 0.2) is 35.4 Å². The number of aromatic nitrogens is 3. The number of benzene rings is 1. The van der Waals surface area contributed by atoms with Gasteiger partial charge in [-0.15, -0.1) is 9.19 Å². The lowest BCUT2D eigenvalue weighted by atomic mass is 10.3.